The van der Waals surface area contributed by atoms with Gasteiger partial charge in [0.15, 0.2) is 6.04 Å². The summed E-state index contributed by atoms with van der Waals surface area (Å²) in [5.74, 6) is -2.17. The van der Waals surface area contributed by atoms with Crippen molar-refractivity contribution in [3.05, 3.63) is 52.1 Å². The highest BCUT2D eigenvalue weighted by atomic mass is 19.1. The van der Waals surface area contributed by atoms with E-state index in [0.29, 0.717) is 28.1 Å². The van der Waals surface area contributed by atoms with E-state index < -0.39 is 23.7 Å². The van der Waals surface area contributed by atoms with Crippen molar-refractivity contribution in [3.63, 3.8) is 0 Å². The molecule has 122 valence electrons. The standard InChI is InChI=1S/C16H18FN3O3/c1-8-7-11(5-6-12(8)17)14(16(22)23)18-15(21)13-9(2)19-20(4)10(13)3/h5-7,14H,1-4H3,(H,18,21)(H,22,23). The van der Waals surface area contributed by atoms with E-state index in [-0.39, 0.29) is 0 Å². The maximum Gasteiger partial charge on any atom is 0.330 e. The van der Waals surface area contributed by atoms with Crippen molar-refractivity contribution in [1.82, 2.24) is 15.1 Å². The summed E-state index contributed by atoms with van der Waals surface area (Å²) in [6.07, 6.45) is 0. The Bertz CT molecular complexity index is 783. The Kier molecular flexibility index (Phi) is 4.49. The van der Waals surface area contributed by atoms with Gasteiger partial charge in [0, 0.05) is 12.7 Å². The minimum Gasteiger partial charge on any atom is -0.479 e. The Hall–Kier alpha value is -2.70. The van der Waals surface area contributed by atoms with Crippen LogP contribution in [0, 0.1) is 26.6 Å². The van der Waals surface area contributed by atoms with E-state index in [1.807, 2.05) is 0 Å². The largest absolute Gasteiger partial charge is 0.479 e. The predicted molar refractivity (Wildman–Crippen MR) is 81.7 cm³/mol. The number of benzene rings is 1. The molecule has 1 amide bonds. The fraction of sp³-hybridized carbons (Fsp3) is 0.312. The summed E-state index contributed by atoms with van der Waals surface area (Å²) in [5, 5.41) is 16.0. The number of nitrogens with zero attached hydrogens (tertiary/aromatic N) is 2. The summed E-state index contributed by atoms with van der Waals surface area (Å²) in [6.45, 7) is 4.95. The topological polar surface area (TPSA) is 84.2 Å². The van der Waals surface area contributed by atoms with Crippen LogP contribution in [0.4, 0.5) is 4.39 Å². The van der Waals surface area contributed by atoms with E-state index >= 15 is 0 Å². The Balaban J connectivity index is 2.34. The third-order valence-corrected chi connectivity index (χ3v) is 3.77. The molecule has 1 unspecified atom stereocenters. The first-order chi connectivity index (χ1) is 10.7. The number of carbonyl (C=O) groups is 2. The number of aryl methyl sites for hydroxylation is 3. The lowest BCUT2D eigenvalue weighted by Gasteiger charge is -2.16. The van der Waals surface area contributed by atoms with Crippen molar-refractivity contribution in [3.8, 4) is 0 Å². The van der Waals surface area contributed by atoms with Crippen molar-refractivity contribution in [2.24, 2.45) is 7.05 Å². The number of hydrogen-bond acceptors (Lipinski definition) is 3. The monoisotopic (exact) mass is 319 g/mol. The molecule has 1 atom stereocenters. The van der Waals surface area contributed by atoms with Crippen molar-refractivity contribution >= 4 is 11.9 Å². The molecule has 0 saturated carbocycles. The molecule has 0 aliphatic rings. The number of aliphatic carboxylic acids is 1. The molecule has 0 bridgehead atoms. The van der Waals surface area contributed by atoms with Gasteiger partial charge in [0.05, 0.1) is 11.3 Å². The molecule has 2 N–H and O–H groups in total. The molecule has 6 nitrogen and oxygen atoms in total. The van der Waals surface area contributed by atoms with Gasteiger partial charge in [0.1, 0.15) is 5.82 Å². The lowest BCUT2D eigenvalue weighted by Crippen LogP contribution is -2.34. The van der Waals surface area contributed by atoms with E-state index in [9.17, 15) is 19.1 Å². The predicted octanol–water partition coefficient (Wildman–Crippen LogP) is 2.04. The fourth-order valence-corrected chi connectivity index (χ4v) is 2.44. The van der Waals surface area contributed by atoms with Crippen LogP contribution < -0.4 is 5.32 Å². The number of carboxylic acids is 1. The minimum absolute atomic E-state index is 0.309. The molecule has 7 heteroatoms. The molecule has 0 spiro atoms. The third kappa shape index (κ3) is 3.23. The molecule has 1 heterocycles. The maximum atomic E-state index is 13.4. The average molecular weight is 319 g/mol. The molecular formula is C16H18FN3O3. The second-order valence-corrected chi connectivity index (χ2v) is 5.42. The van der Waals surface area contributed by atoms with Gasteiger partial charge in [-0.25, -0.2) is 9.18 Å². The van der Waals surface area contributed by atoms with Crippen LogP contribution in [0.2, 0.25) is 0 Å². The van der Waals surface area contributed by atoms with E-state index in [2.05, 4.69) is 10.4 Å². The van der Waals surface area contributed by atoms with Crippen LogP contribution in [-0.2, 0) is 11.8 Å². The van der Waals surface area contributed by atoms with Crippen LogP contribution in [0.3, 0.4) is 0 Å². The van der Waals surface area contributed by atoms with Crippen LogP contribution in [-0.4, -0.2) is 26.8 Å². The molecule has 0 aliphatic carbocycles. The van der Waals surface area contributed by atoms with Crippen LogP contribution >= 0.6 is 0 Å². The van der Waals surface area contributed by atoms with Gasteiger partial charge in [-0.05, 0) is 38.0 Å². The van der Waals surface area contributed by atoms with Gasteiger partial charge in [-0.2, -0.15) is 5.10 Å². The lowest BCUT2D eigenvalue weighted by molar-refractivity contribution is -0.139. The number of amides is 1. The van der Waals surface area contributed by atoms with E-state index in [1.54, 1.807) is 25.6 Å². The van der Waals surface area contributed by atoms with Crippen LogP contribution in [0.15, 0.2) is 18.2 Å². The smallest absolute Gasteiger partial charge is 0.330 e. The van der Waals surface area contributed by atoms with Crippen molar-refractivity contribution in [2.75, 3.05) is 0 Å². The van der Waals surface area contributed by atoms with Crippen LogP contribution in [0.5, 0.6) is 0 Å². The number of halogens is 1. The molecule has 2 rings (SSSR count). The first kappa shape index (κ1) is 16.7. The molecule has 23 heavy (non-hydrogen) atoms. The molecular weight excluding hydrogens is 301 g/mol. The van der Waals surface area contributed by atoms with Crippen molar-refractivity contribution in [2.45, 2.75) is 26.8 Å². The van der Waals surface area contributed by atoms with Crippen LogP contribution in [0.1, 0.15) is 38.9 Å². The van der Waals surface area contributed by atoms with Gasteiger partial charge in [-0.1, -0.05) is 12.1 Å². The third-order valence-electron chi connectivity index (χ3n) is 3.77. The summed E-state index contributed by atoms with van der Waals surface area (Å²) in [7, 11) is 1.71. The summed E-state index contributed by atoms with van der Waals surface area (Å²) in [5.41, 5.74) is 2.12. The summed E-state index contributed by atoms with van der Waals surface area (Å²) >= 11 is 0. The minimum atomic E-state index is -1.26. The molecule has 0 fully saturated rings. The van der Waals surface area contributed by atoms with Gasteiger partial charge < -0.3 is 10.4 Å². The highest BCUT2D eigenvalue weighted by molar-refractivity contribution is 5.98. The van der Waals surface area contributed by atoms with E-state index in [0.717, 1.165) is 0 Å². The SMILES string of the molecule is Cc1cc(C(NC(=O)c2c(C)nn(C)c2C)C(=O)O)ccc1F. The number of carbonyl (C=O) groups excluding carboxylic acids is 1. The van der Waals surface area contributed by atoms with E-state index in [1.165, 1.54) is 25.1 Å². The van der Waals surface area contributed by atoms with Gasteiger partial charge >= 0.3 is 5.97 Å². The Morgan fingerprint density at radius 2 is 1.96 bits per heavy atom. The number of aromatic nitrogens is 2. The molecule has 0 radical (unpaired) electrons. The second-order valence-electron chi connectivity index (χ2n) is 5.42. The fourth-order valence-electron chi connectivity index (χ4n) is 2.44. The molecule has 2 aromatic rings. The van der Waals surface area contributed by atoms with Crippen molar-refractivity contribution < 1.29 is 19.1 Å². The normalized spacial score (nSPS) is 12.0. The van der Waals surface area contributed by atoms with Gasteiger partial charge in [-0.3, -0.25) is 9.48 Å². The molecule has 0 aliphatic heterocycles. The van der Waals surface area contributed by atoms with E-state index in [4.69, 9.17) is 0 Å². The summed E-state index contributed by atoms with van der Waals surface area (Å²) in [6, 6.07) is 2.69. The zero-order valence-electron chi connectivity index (χ0n) is 13.3. The zero-order valence-corrected chi connectivity index (χ0v) is 13.3. The molecule has 0 saturated heterocycles. The molecule has 1 aromatic carbocycles. The van der Waals surface area contributed by atoms with Gasteiger partial charge in [0.25, 0.3) is 5.91 Å². The maximum absolute atomic E-state index is 13.4. The van der Waals surface area contributed by atoms with Gasteiger partial charge in [0.2, 0.25) is 0 Å². The summed E-state index contributed by atoms with van der Waals surface area (Å²) in [4.78, 5) is 23.9. The first-order valence-electron chi connectivity index (χ1n) is 7.02. The Morgan fingerprint density at radius 3 is 2.43 bits per heavy atom. The van der Waals surface area contributed by atoms with Gasteiger partial charge in [-0.15, -0.1) is 0 Å². The Labute approximate surface area is 132 Å². The lowest BCUT2D eigenvalue weighted by atomic mass is 10.0. The highest BCUT2D eigenvalue weighted by Crippen LogP contribution is 2.19. The second kappa shape index (κ2) is 6.20. The Morgan fingerprint density at radius 1 is 1.30 bits per heavy atom. The average Bonchev–Trinajstić information content (AvgIpc) is 2.72. The number of nitrogens with one attached hydrogen (secondary N) is 1. The summed E-state index contributed by atoms with van der Waals surface area (Å²) < 4.78 is 14.9. The number of hydrogen-bond donors (Lipinski definition) is 2. The zero-order chi connectivity index (χ0) is 17.3. The first-order valence-corrected chi connectivity index (χ1v) is 7.02. The highest BCUT2D eigenvalue weighted by Gasteiger charge is 2.26. The number of rotatable bonds is 4. The number of carboxylic acid groups (broad SMARTS) is 1. The van der Waals surface area contributed by atoms with Crippen LogP contribution in [0.25, 0.3) is 0 Å². The quantitative estimate of drug-likeness (QED) is 0.903. The van der Waals surface area contributed by atoms with Crippen molar-refractivity contribution in [1.29, 1.82) is 0 Å². The molecule has 1 aromatic heterocycles.